The first-order valence-electron chi connectivity index (χ1n) is 8.82. The number of rotatable bonds is 9. The minimum atomic E-state index is -3.44. The van der Waals surface area contributed by atoms with Crippen molar-refractivity contribution < 1.29 is 17.9 Å². The molecular weight excluding hydrogens is 444 g/mol. The maximum Gasteiger partial charge on any atom is 0.232 e. The number of carbonyl (C=O) groups excluding carboxylic acids is 1. The van der Waals surface area contributed by atoms with Crippen molar-refractivity contribution in [2.24, 2.45) is 0 Å². The van der Waals surface area contributed by atoms with Crippen molar-refractivity contribution in [3.63, 3.8) is 0 Å². The number of halogens is 1. The fourth-order valence-corrected chi connectivity index (χ4v) is 3.99. The van der Waals surface area contributed by atoms with E-state index in [1.165, 1.54) is 10.6 Å². The molecule has 1 N–H and O–H groups in total. The van der Waals surface area contributed by atoms with E-state index in [4.69, 9.17) is 4.74 Å². The molecular formula is C20H25BrN2O4S. The Kier molecular flexibility index (Phi) is 8.03. The molecule has 1 amide bonds. The normalized spacial score (nSPS) is 11.3. The number of hydrogen-bond acceptors (Lipinski definition) is 4. The number of benzene rings is 2. The van der Waals surface area contributed by atoms with E-state index in [1.807, 2.05) is 43.3 Å². The Morgan fingerprint density at radius 1 is 1.21 bits per heavy atom. The van der Waals surface area contributed by atoms with E-state index < -0.39 is 10.0 Å². The molecule has 0 saturated heterocycles. The number of nitrogens with one attached hydrogen (secondary N) is 1. The highest BCUT2D eigenvalue weighted by Gasteiger charge is 2.18. The molecule has 2 rings (SSSR count). The first-order chi connectivity index (χ1) is 13.2. The van der Waals surface area contributed by atoms with Crippen LogP contribution in [0, 0.1) is 6.92 Å². The lowest BCUT2D eigenvalue weighted by atomic mass is 10.2. The number of anilines is 2. The minimum absolute atomic E-state index is 0.157. The predicted molar refractivity (Wildman–Crippen MR) is 116 cm³/mol. The van der Waals surface area contributed by atoms with Gasteiger partial charge in [-0.15, -0.1) is 0 Å². The van der Waals surface area contributed by atoms with Crippen LogP contribution in [0.25, 0.3) is 0 Å². The molecule has 0 heterocycles. The van der Waals surface area contributed by atoms with Crippen LogP contribution in [0.1, 0.15) is 24.0 Å². The first kappa shape index (κ1) is 22.4. The molecule has 0 aliphatic rings. The van der Waals surface area contributed by atoms with E-state index in [2.05, 4.69) is 21.2 Å². The summed E-state index contributed by atoms with van der Waals surface area (Å²) in [5.74, 6) is -0.157. The van der Waals surface area contributed by atoms with Crippen molar-refractivity contribution in [1.29, 1.82) is 0 Å². The Morgan fingerprint density at radius 2 is 1.96 bits per heavy atom. The lowest BCUT2D eigenvalue weighted by Crippen LogP contribution is -2.31. The van der Waals surface area contributed by atoms with Gasteiger partial charge in [0.2, 0.25) is 15.9 Å². The van der Waals surface area contributed by atoms with Crippen molar-refractivity contribution in [3.05, 3.63) is 58.1 Å². The van der Waals surface area contributed by atoms with Crippen molar-refractivity contribution in [1.82, 2.24) is 0 Å². The van der Waals surface area contributed by atoms with Crippen molar-refractivity contribution in [2.75, 3.05) is 29.5 Å². The highest BCUT2D eigenvalue weighted by Crippen LogP contribution is 2.25. The zero-order valence-corrected chi connectivity index (χ0v) is 18.6. The lowest BCUT2D eigenvalue weighted by molar-refractivity contribution is -0.116. The SMILES string of the molecule is COCc1cccc(NC(=O)CCCN(c2ccc(Br)c(C)c2)S(C)(=O)=O)c1. The quantitative estimate of drug-likeness (QED) is 0.601. The number of nitrogens with zero attached hydrogens (tertiary/aromatic N) is 1. The number of ether oxygens (including phenoxy) is 1. The summed E-state index contributed by atoms with van der Waals surface area (Å²) in [4.78, 5) is 12.2. The first-order valence-corrected chi connectivity index (χ1v) is 11.5. The summed E-state index contributed by atoms with van der Waals surface area (Å²) in [7, 11) is -1.83. The lowest BCUT2D eigenvalue weighted by Gasteiger charge is -2.23. The van der Waals surface area contributed by atoms with E-state index >= 15 is 0 Å². The van der Waals surface area contributed by atoms with Gasteiger partial charge in [-0.3, -0.25) is 9.10 Å². The molecule has 0 aliphatic carbocycles. The van der Waals surface area contributed by atoms with Crippen LogP contribution in [-0.2, 0) is 26.2 Å². The van der Waals surface area contributed by atoms with Crippen LogP contribution >= 0.6 is 15.9 Å². The Morgan fingerprint density at radius 3 is 2.61 bits per heavy atom. The minimum Gasteiger partial charge on any atom is -0.380 e. The van der Waals surface area contributed by atoms with Gasteiger partial charge in [0.15, 0.2) is 0 Å². The molecule has 2 aromatic rings. The van der Waals surface area contributed by atoms with Crippen LogP contribution in [-0.4, -0.2) is 34.2 Å². The van der Waals surface area contributed by atoms with E-state index in [0.717, 1.165) is 15.6 Å². The maximum absolute atomic E-state index is 12.2. The summed E-state index contributed by atoms with van der Waals surface area (Å²) >= 11 is 3.42. The molecule has 152 valence electrons. The van der Waals surface area contributed by atoms with Gasteiger partial charge in [-0.05, 0) is 54.8 Å². The summed E-state index contributed by atoms with van der Waals surface area (Å²) in [6.45, 7) is 2.61. The van der Waals surface area contributed by atoms with Gasteiger partial charge in [-0.1, -0.05) is 28.1 Å². The van der Waals surface area contributed by atoms with Crippen LogP contribution in [0.5, 0.6) is 0 Å². The molecule has 0 bridgehead atoms. The van der Waals surface area contributed by atoms with Gasteiger partial charge in [0, 0.05) is 30.2 Å². The van der Waals surface area contributed by atoms with E-state index in [1.54, 1.807) is 13.2 Å². The third-order valence-corrected chi connectivity index (χ3v) is 6.20. The second-order valence-electron chi connectivity index (χ2n) is 6.55. The maximum atomic E-state index is 12.2. The van der Waals surface area contributed by atoms with Crippen LogP contribution in [0.4, 0.5) is 11.4 Å². The van der Waals surface area contributed by atoms with Gasteiger partial charge in [0.25, 0.3) is 0 Å². The zero-order valence-electron chi connectivity index (χ0n) is 16.2. The molecule has 2 aromatic carbocycles. The van der Waals surface area contributed by atoms with E-state index in [0.29, 0.717) is 24.4 Å². The highest BCUT2D eigenvalue weighted by atomic mass is 79.9. The number of hydrogen-bond donors (Lipinski definition) is 1. The van der Waals surface area contributed by atoms with Gasteiger partial charge >= 0.3 is 0 Å². The number of carbonyl (C=O) groups is 1. The average molecular weight is 469 g/mol. The second kappa shape index (κ2) is 10.0. The van der Waals surface area contributed by atoms with Crippen LogP contribution in [0.2, 0.25) is 0 Å². The number of aryl methyl sites for hydroxylation is 1. The standard InChI is InChI=1S/C20H25BrN2O4S/c1-15-12-18(9-10-19(15)21)23(28(3,25)26)11-5-8-20(24)22-17-7-4-6-16(13-17)14-27-2/h4,6-7,9-10,12-13H,5,8,11,14H2,1-3H3,(H,22,24). The topological polar surface area (TPSA) is 75.7 Å². The summed E-state index contributed by atoms with van der Waals surface area (Å²) in [6.07, 6.45) is 1.80. The van der Waals surface area contributed by atoms with Gasteiger partial charge in [0.05, 0.1) is 18.6 Å². The van der Waals surface area contributed by atoms with Crippen LogP contribution < -0.4 is 9.62 Å². The van der Waals surface area contributed by atoms with Crippen molar-refractivity contribution in [3.8, 4) is 0 Å². The van der Waals surface area contributed by atoms with Gasteiger partial charge in [-0.2, -0.15) is 0 Å². The Labute approximate surface area is 175 Å². The molecule has 0 fully saturated rings. The molecule has 28 heavy (non-hydrogen) atoms. The van der Waals surface area contributed by atoms with Gasteiger partial charge < -0.3 is 10.1 Å². The van der Waals surface area contributed by atoms with Crippen LogP contribution in [0.3, 0.4) is 0 Å². The van der Waals surface area contributed by atoms with Gasteiger partial charge in [0.1, 0.15) is 0 Å². The summed E-state index contributed by atoms with van der Waals surface area (Å²) in [5, 5.41) is 2.84. The summed E-state index contributed by atoms with van der Waals surface area (Å²) in [6, 6.07) is 12.8. The predicted octanol–water partition coefficient (Wildman–Crippen LogP) is 4.09. The monoisotopic (exact) mass is 468 g/mol. The summed E-state index contributed by atoms with van der Waals surface area (Å²) < 4.78 is 31.7. The third-order valence-electron chi connectivity index (χ3n) is 4.12. The largest absolute Gasteiger partial charge is 0.380 e. The molecule has 0 spiro atoms. The fraction of sp³-hybridized carbons (Fsp3) is 0.350. The molecule has 0 unspecified atom stereocenters. The molecule has 0 saturated carbocycles. The number of sulfonamides is 1. The van der Waals surface area contributed by atoms with E-state index in [-0.39, 0.29) is 18.9 Å². The van der Waals surface area contributed by atoms with Crippen LogP contribution in [0.15, 0.2) is 46.9 Å². The number of amides is 1. The highest BCUT2D eigenvalue weighted by molar-refractivity contribution is 9.10. The molecule has 0 aromatic heterocycles. The molecule has 0 aliphatic heterocycles. The van der Waals surface area contributed by atoms with E-state index in [9.17, 15) is 13.2 Å². The molecule has 0 atom stereocenters. The Bertz CT molecular complexity index is 932. The van der Waals surface area contributed by atoms with Crippen molar-refractivity contribution in [2.45, 2.75) is 26.4 Å². The zero-order chi connectivity index (χ0) is 20.7. The average Bonchev–Trinajstić information content (AvgIpc) is 2.61. The second-order valence-corrected chi connectivity index (χ2v) is 9.31. The molecule has 0 radical (unpaired) electrons. The third kappa shape index (κ3) is 6.61. The fourth-order valence-electron chi connectivity index (χ4n) is 2.78. The summed E-state index contributed by atoms with van der Waals surface area (Å²) in [5.41, 5.74) is 3.20. The van der Waals surface area contributed by atoms with Crippen molar-refractivity contribution >= 4 is 43.2 Å². The molecule has 6 nitrogen and oxygen atoms in total. The van der Waals surface area contributed by atoms with Gasteiger partial charge in [-0.25, -0.2) is 8.42 Å². The Balaban J connectivity index is 1.97. The number of methoxy groups -OCH3 is 1. The smallest absolute Gasteiger partial charge is 0.232 e. The Hall–Kier alpha value is -1.90. The molecule has 8 heteroatoms.